The van der Waals surface area contributed by atoms with Crippen molar-refractivity contribution >= 4 is 11.9 Å². The van der Waals surface area contributed by atoms with Gasteiger partial charge in [-0.2, -0.15) is 0 Å². The largest absolute Gasteiger partial charge is 0.480 e. The Hall–Kier alpha value is -1.14. The molecule has 2 atom stereocenters. The van der Waals surface area contributed by atoms with Gasteiger partial charge in [-0.05, 0) is 38.3 Å². The van der Waals surface area contributed by atoms with Crippen molar-refractivity contribution in [1.82, 2.24) is 10.6 Å². The molecule has 0 aliphatic carbocycles. The standard InChI is InChI=1S/C14H29N3O3/c1-4-16-11(7-5-6-8-15)13(18)17-12(14(19)20)9-10(2)3/h10-12,16H,4-9,15H2,1-3H3,(H,17,18)(H,19,20)/t11-,12-/m0/s1. The molecule has 0 radical (unpaired) electrons. The number of nitrogens with two attached hydrogens (primary N) is 1. The number of hydrogen-bond acceptors (Lipinski definition) is 4. The van der Waals surface area contributed by atoms with Gasteiger partial charge in [0.05, 0.1) is 6.04 Å². The average molecular weight is 287 g/mol. The maximum Gasteiger partial charge on any atom is 0.326 e. The average Bonchev–Trinajstić information content (AvgIpc) is 2.36. The number of rotatable bonds is 11. The lowest BCUT2D eigenvalue weighted by atomic mass is 10.0. The maximum atomic E-state index is 12.2. The van der Waals surface area contributed by atoms with Crippen LogP contribution >= 0.6 is 0 Å². The first-order chi connectivity index (χ1) is 9.42. The lowest BCUT2D eigenvalue weighted by Gasteiger charge is -2.22. The highest BCUT2D eigenvalue weighted by Crippen LogP contribution is 2.07. The molecule has 0 rings (SSSR count). The van der Waals surface area contributed by atoms with E-state index < -0.39 is 12.0 Å². The number of unbranched alkanes of at least 4 members (excludes halogenated alkanes) is 1. The zero-order chi connectivity index (χ0) is 15.5. The van der Waals surface area contributed by atoms with E-state index in [2.05, 4.69) is 10.6 Å². The number of amides is 1. The fourth-order valence-electron chi connectivity index (χ4n) is 2.03. The van der Waals surface area contributed by atoms with E-state index in [-0.39, 0.29) is 17.9 Å². The molecule has 5 N–H and O–H groups in total. The van der Waals surface area contributed by atoms with Crippen LogP contribution in [0, 0.1) is 5.92 Å². The monoisotopic (exact) mass is 287 g/mol. The van der Waals surface area contributed by atoms with Crippen LogP contribution in [-0.2, 0) is 9.59 Å². The minimum atomic E-state index is -0.982. The van der Waals surface area contributed by atoms with Crippen molar-refractivity contribution in [3.05, 3.63) is 0 Å². The second-order valence-corrected chi connectivity index (χ2v) is 5.42. The van der Waals surface area contributed by atoms with E-state index in [4.69, 9.17) is 10.8 Å². The molecule has 118 valence electrons. The van der Waals surface area contributed by atoms with Crippen molar-refractivity contribution in [3.63, 3.8) is 0 Å². The van der Waals surface area contributed by atoms with Crippen LogP contribution in [-0.4, -0.2) is 42.2 Å². The lowest BCUT2D eigenvalue weighted by molar-refractivity contribution is -0.142. The highest BCUT2D eigenvalue weighted by atomic mass is 16.4. The molecule has 0 aliphatic heterocycles. The third-order valence-corrected chi connectivity index (χ3v) is 3.04. The van der Waals surface area contributed by atoms with E-state index in [0.29, 0.717) is 25.9 Å². The normalized spacial score (nSPS) is 14.1. The van der Waals surface area contributed by atoms with Gasteiger partial charge in [0.25, 0.3) is 0 Å². The predicted octanol–water partition coefficient (Wildman–Crippen LogP) is 0.709. The van der Waals surface area contributed by atoms with Crippen molar-refractivity contribution in [2.45, 2.75) is 58.5 Å². The summed E-state index contributed by atoms with van der Waals surface area (Å²) in [6.45, 7) is 7.07. The van der Waals surface area contributed by atoms with Crippen LogP contribution in [0.5, 0.6) is 0 Å². The van der Waals surface area contributed by atoms with Gasteiger partial charge in [-0.15, -0.1) is 0 Å². The summed E-state index contributed by atoms with van der Waals surface area (Å²) in [5.74, 6) is -1.01. The smallest absolute Gasteiger partial charge is 0.326 e. The van der Waals surface area contributed by atoms with Gasteiger partial charge in [-0.25, -0.2) is 4.79 Å². The van der Waals surface area contributed by atoms with Crippen LogP contribution in [0.3, 0.4) is 0 Å². The summed E-state index contributed by atoms with van der Waals surface area (Å²) < 4.78 is 0. The number of likely N-dealkylation sites (N-methyl/N-ethyl adjacent to an activating group) is 1. The van der Waals surface area contributed by atoms with Crippen LogP contribution in [0.1, 0.15) is 46.5 Å². The SMILES string of the molecule is CCN[C@@H](CCCCN)C(=O)N[C@@H](CC(C)C)C(=O)O. The summed E-state index contributed by atoms with van der Waals surface area (Å²) in [7, 11) is 0. The Balaban J connectivity index is 4.49. The van der Waals surface area contributed by atoms with Gasteiger partial charge in [0, 0.05) is 0 Å². The number of carboxylic acids is 1. The van der Waals surface area contributed by atoms with Gasteiger partial charge in [0.1, 0.15) is 6.04 Å². The minimum absolute atomic E-state index is 0.214. The number of carbonyl (C=O) groups is 2. The highest BCUT2D eigenvalue weighted by molar-refractivity contribution is 5.86. The molecule has 1 amide bonds. The summed E-state index contributed by atoms with van der Waals surface area (Å²) in [4.78, 5) is 23.3. The topological polar surface area (TPSA) is 104 Å². The van der Waals surface area contributed by atoms with Crippen LogP contribution in [0.2, 0.25) is 0 Å². The van der Waals surface area contributed by atoms with Crippen LogP contribution in [0.4, 0.5) is 0 Å². The Morgan fingerprint density at radius 3 is 2.30 bits per heavy atom. The molecule has 0 heterocycles. The molecule has 0 spiro atoms. The van der Waals surface area contributed by atoms with Gasteiger partial charge >= 0.3 is 5.97 Å². The van der Waals surface area contributed by atoms with E-state index in [1.54, 1.807) is 0 Å². The molecule has 0 saturated heterocycles. The summed E-state index contributed by atoms with van der Waals surface area (Å²) in [5.41, 5.74) is 5.44. The Kier molecular flexibility index (Phi) is 10.0. The fraction of sp³-hybridized carbons (Fsp3) is 0.857. The van der Waals surface area contributed by atoms with Crippen molar-refractivity contribution in [2.75, 3.05) is 13.1 Å². The molecule has 0 saturated carbocycles. The third-order valence-electron chi connectivity index (χ3n) is 3.04. The van der Waals surface area contributed by atoms with Gasteiger partial charge in [-0.1, -0.05) is 27.2 Å². The number of carboxylic acid groups (broad SMARTS) is 1. The fourth-order valence-corrected chi connectivity index (χ4v) is 2.03. The van der Waals surface area contributed by atoms with E-state index >= 15 is 0 Å². The maximum absolute atomic E-state index is 12.2. The van der Waals surface area contributed by atoms with Crippen LogP contribution < -0.4 is 16.4 Å². The van der Waals surface area contributed by atoms with Gasteiger partial charge in [0.15, 0.2) is 0 Å². The summed E-state index contributed by atoms with van der Waals surface area (Å²) >= 11 is 0. The number of nitrogens with one attached hydrogen (secondary N) is 2. The molecule has 0 aliphatic rings. The molecule has 0 bridgehead atoms. The Bertz CT molecular complexity index is 295. The summed E-state index contributed by atoms with van der Waals surface area (Å²) in [5, 5.41) is 14.9. The molecule has 0 unspecified atom stereocenters. The van der Waals surface area contributed by atoms with Crippen LogP contribution in [0.15, 0.2) is 0 Å². The molecule has 0 aromatic heterocycles. The zero-order valence-corrected chi connectivity index (χ0v) is 12.8. The summed E-state index contributed by atoms with van der Waals surface area (Å²) in [6.07, 6.45) is 2.82. The quantitative estimate of drug-likeness (QED) is 0.419. The third kappa shape index (κ3) is 8.12. The molecular weight excluding hydrogens is 258 g/mol. The summed E-state index contributed by atoms with van der Waals surface area (Å²) in [6, 6.07) is -1.17. The van der Waals surface area contributed by atoms with Crippen molar-refractivity contribution in [2.24, 2.45) is 11.7 Å². The van der Waals surface area contributed by atoms with E-state index in [1.165, 1.54) is 0 Å². The number of aliphatic carboxylic acids is 1. The Morgan fingerprint density at radius 2 is 1.85 bits per heavy atom. The molecule has 6 nitrogen and oxygen atoms in total. The molecule has 0 aromatic carbocycles. The molecular formula is C14H29N3O3. The second kappa shape index (κ2) is 10.6. The van der Waals surface area contributed by atoms with Crippen molar-refractivity contribution in [3.8, 4) is 0 Å². The molecule has 6 heteroatoms. The second-order valence-electron chi connectivity index (χ2n) is 5.42. The minimum Gasteiger partial charge on any atom is -0.480 e. The first-order valence-electron chi connectivity index (χ1n) is 7.38. The molecule has 0 aromatic rings. The first kappa shape index (κ1) is 18.9. The van der Waals surface area contributed by atoms with E-state index in [9.17, 15) is 9.59 Å². The Morgan fingerprint density at radius 1 is 1.20 bits per heavy atom. The lowest BCUT2D eigenvalue weighted by Crippen LogP contribution is -2.50. The van der Waals surface area contributed by atoms with E-state index in [0.717, 1.165) is 12.8 Å². The van der Waals surface area contributed by atoms with Crippen molar-refractivity contribution in [1.29, 1.82) is 0 Å². The van der Waals surface area contributed by atoms with Gasteiger partial charge < -0.3 is 21.5 Å². The molecule has 20 heavy (non-hydrogen) atoms. The molecule has 0 fully saturated rings. The van der Waals surface area contributed by atoms with Gasteiger partial charge in [-0.3, -0.25) is 4.79 Å². The van der Waals surface area contributed by atoms with Gasteiger partial charge in [0.2, 0.25) is 5.91 Å². The number of hydrogen-bond donors (Lipinski definition) is 4. The zero-order valence-electron chi connectivity index (χ0n) is 12.8. The Labute approximate surface area is 121 Å². The van der Waals surface area contributed by atoms with Crippen molar-refractivity contribution < 1.29 is 14.7 Å². The predicted molar refractivity (Wildman–Crippen MR) is 79.4 cm³/mol. The van der Waals surface area contributed by atoms with E-state index in [1.807, 2.05) is 20.8 Å². The number of carbonyl (C=O) groups excluding carboxylic acids is 1. The first-order valence-corrected chi connectivity index (χ1v) is 7.38. The van der Waals surface area contributed by atoms with Crippen LogP contribution in [0.25, 0.3) is 0 Å². The highest BCUT2D eigenvalue weighted by Gasteiger charge is 2.25.